The molecule has 0 amide bonds. The summed E-state index contributed by atoms with van der Waals surface area (Å²) in [4.78, 5) is 16.4. The lowest BCUT2D eigenvalue weighted by Gasteiger charge is -2.00. The number of fused-ring (bicyclic) bond motifs is 1. The highest BCUT2D eigenvalue weighted by molar-refractivity contribution is 7.17. The summed E-state index contributed by atoms with van der Waals surface area (Å²) >= 11 is 1.44. The third-order valence-electron chi connectivity index (χ3n) is 2.85. The first-order valence-corrected chi connectivity index (χ1v) is 6.87. The van der Waals surface area contributed by atoms with Crippen molar-refractivity contribution < 1.29 is 0 Å². The van der Waals surface area contributed by atoms with Gasteiger partial charge >= 0.3 is 0 Å². The molecule has 3 rings (SSSR count). The van der Waals surface area contributed by atoms with E-state index in [0.717, 1.165) is 15.8 Å². The molecule has 0 unspecified atom stereocenters. The Bertz CT molecular complexity index is 771. The molecule has 0 spiro atoms. The van der Waals surface area contributed by atoms with Gasteiger partial charge in [-0.1, -0.05) is 42.5 Å². The van der Waals surface area contributed by atoms with E-state index in [1.807, 2.05) is 53.9 Å². The average molecular weight is 268 g/mol. The maximum Gasteiger partial charge on any atom is 0.271 e. The zero-order chi connectivity index (χ0) is 13.1. The highest BCUT2D eigenvalue weighted by Gasteiger charge is 2.03. The molecule has 0 saturated carbocycles. The van der Waals surface area contributed by atoms with Crippen LogP contribution in [0.1, 0.15) is 5.56 Å². The van der Waals surface area contributed by atoms with Crippen LogP contribution < -0.4 is 5.56 Å². The number of allylic oxidation sites excluding steroid dienone is 1. The van der Waals surface area contributed by atoms with Gasteiger partial charge in [0.15, 0.2) is 0 Å². The summed E-state index contributed by atoms with van der Waals surface area (Å²) in [6.07, 6.45) is 5.58. The first kappa shape index (κ1) is 11.9. The Labute approximate surface area is 114 Å². The third kappa shape index (κ3) is 2.48. The van der Waals surface area contributed by atoms with E-state index in [9.17, 15) is 4.79 Å². The van der Waals surface area contributed by atoms with Gasteiger partial charge in [-0.15, -0.1) is 11.3 Å². The standard InChI is InChI=1S/C15H12N2OS/c18-15-14-13(8-10-19-14)16-11-17(15)9-4-7-12-5-2-1-3-6-12/h1-8,10-11H,9H2/b7-4+. The second-order valence-corrected chi connectivity index (χ2v) is 5.07. The lowest BCUT2D eigenvalue weighted by molar-refractivity contribution is 0.770. The zero-order valence-electron chi connectivity index (χ0n) is 10.2. The fraction of sp³-hybridized carbons (Fsp3) is 0.0667. The lowest BCUT2D eigenvalue weighted by Crippen LogP contribution is -2.18. The maximum absolute atomic E-state index is 12.1. The van der Waals surface area contributed by atoms with Crippen LogP contribution in [0.2, 0.25) is 0 Å². The van der Waals surface area contributed by atoms with Crippen LogP contribution in [0, 0.1) is 0 Å². The SMILES string of the molecule is O=c1c2sccc2ncn1C/C=C/c1ccccc1. The largest absolute Gasteiger partial charge is 0.294 e. The number of aromatic nitrogens is 2. The minimum absolute atomic E-state index is 0.0257. The Morgan fingerprint density at radius 3 is 2.89 bits per heavy atom. The van der Waals surface area contributed by atoms with Crippen molar-refractivity contribution >= 4 is 27.6 Å². The van der Waals surface area contributed by atoms with Crippen LogP contribution in [-0.4, -0.2) is 9.55 Å². The Hall–Kier alpha value is -2.20. The van der Waals surface area contributed by atoms with Gasteiger partial charge in [-0.3, -0.25) is 9.36 Å². The highest BCUT2D eigenvalue weighted by Crippen LogP contribution is 2.13. The van der Waals surface area contributed by atoms with Gasteiger partial charge in [0.1, 0.15) is 4.70 Å². The van der Waals surface area contributed by atoms with Gasteiger partial charge in [-0.2, -0.15) is 0 Å². The van der Waals surface area contributed by atoms with Gasteiger partial charge in [0, 0.05) is 6.54 Å². The van der Waals surface area contributed by atoms with Crippen LogP contribution in [0.3, 0.4) is 0 Å². The molecule has 1 aromatic carbocycles. The van der Waals surface area contributed by atoms with Crippen molar-refractivity contribution in [2.45, 2.75) is 6.54 Å². The summed E-state index contributed by atoms with van der Waals surface area (Å²) in [7, 11) is 0. The molecule has 3 nitrogen and oxygen atoms in total. The van der Waals surface area contributed by atoms with Crippen molar-refractivity contribution in [2.24, 2.45) is 0 Å². The number of rotatable bonds is 3. The Balaban J connectivity index is 1.84. The summed E-state index contributed by atoms with van der Waals surface area (Å²) < 4.78 is 2.34. The second-order valence-electron chi connectivity index (χ2n) is 4.15. The number of nitrogens with zero attached hydrogens (tertiary/aromatic N) is 2. The van der Waals surface area contributed by atoms with Crippen LogP contribution in [0.5, 0.6) is 0 Å². The van der Waals surface area contributed by atoms with E-state index in [1.165, 1.54) is 11.3 Å². The number of hydrogen-bond acceptors (Lipinski definition) is 3. The van der Waals surface area contributed by atoms with Crippen LogP contribution in [0.4, 0.5) is 0 Å². The van der Waals surface area contributed by atoms with Gasteiger partial charge in [0.2, 0.25) is 0 Å². The predicted octanol–water partition coefficient (Wildman–Crippen LogP) is 3.17. The van der Waals surface area contributed by atoms with Gasteiger partial charge in [-0.05, 0) is 17.0 Å². The number of thiophene rings is 1. The fourth-order valence-corrected chi connectivity index (χ4v) is 2.67. The van der Waals surface area contributed by atoms with E-state index < -0.39 is 0 Å². The van der Waals surface area contributed by atoms with Gasteiger partial charge in [-0.25, -0.2) is 4.98 Å². The van der Waals surface area contributed by atoms with Gasteiger partial charge < -0.3 is 0 Å². The predicted molar refractivity (Wildman–Crippen MR) is 79.4 cm³/mol. The molecule has 3 aromatic rings. The van der Waals surface area contributed by atoms with Crippen molar-refractivity contribution in [3.05, 3.63) is 70.1 Å². The molecule has 94 valence electrons. The molecule has 0 saturated heterocycles. The van der Waals surface area contributed by atoms with Crippen LogP contribution in [-0.2, 0) is 6.54 Å². The van der Waals surface area contributed by atoms with Crippen molar-refractivity contribution in [1.82, 2.24) is 9.55 Å². The summed E-state index contributed by atoms with van der Waals surface area (Å²) in [6, 6.07) is 11.9. The minimum atomic E-state index is 0.0257. The van der Waals surface area contributed by atoms with Crippen LogP contribution in [0.25, 0.3) is 16.3 Å². The molecule has 0 bridgehead atoms. The van der Waals surface area contributed by atoms with E-state index in [4.69, 9.17) is 0 Å². The Morgan fingerprint density at radius 2 is 2.05 bits per heavy atom. The summed E-state index contributed by atoms with van der Waals surface area (Å²) in [6.45, 7) is 0.536. The molecule has 4 heteroatoms. The Kier molecular flexibility index (Phi) is 3.25. The van der Waals surface area contributed by atoms with Crippen molar-refractivity contribution in [3.8, 4) is 0 Å². The molecule has 0 N–H and O–H groups in total. The topological polar surface area (TPSA) is 34.9 Å². The van der Waals surface area contributed by atoms with Crippen LogP contribution in [0.15, 0.2) is 59.0 Å². The number of benzene rings is 1. The fourth-order valence-electron chi connectivity index (χ4n) is 1.88. The van der Waals surface area contributed by atoms with Crippen molar-refractivity contribution in [1.29, 1.82) is 0 Å². The average Bonchev–Trinajstić information content (AvgIpc) is 2.92. The second kappa shape index (κ2) is 5.20. The maximum atomic E-state index is 12.1. The normalized spacial score (nSPS) is 11.4. The molecule has 0 aliphatic heterocycles. The van der Waals surface area contributed by atoms with Crippen molar-refractivity contribution in [2.75, 3.05) is 0 Å². The monoisotopic (exact) mass is 268 g/mol. The smallest absolute Gasteiger partial charge is 0.271 e. The summed E-state index contributed by atoms with van der Waals surface area (Å²) in [5.74, 6) is 0. The molecule has 19 heavy (non-hydrogen) atoms. The molecule has 2 aromatic heterocycles. The molecule has 2 heterocycles. The van der Waals surface area contributed by atoms with E-state index >= 15 is 0 Å². The van der Waals surface area contributed by atoms with Gasteiger partial charge in [0.05, 0.1) is 11.8 Å². The number of hydrogen-bond donors (Lipinski definition) is 0. The zero-order valence-corrected chi connectivity index (χ0v) is 11.0. The Morgan fingerprint density at radius 1 is 1.21 bits per heavy atom. The third-order valence-corrected chi connectivity index (χ3v) is 3.74. The molecule has 0 aliphatic rings. The molecule has 0 aliphatic carbocycles. The van der Waals surface area contributed by atoms with E-state index in [-0.39, 0.29) is 5.56 Å². The molecular weight excluding hydrogens is 256 g/mol. The van der Waals surface area contributed by atoms with Crippen molar-refractivity contribution in [3.63, 3.8) is 0 Å². The summed E-state index contributed by atoms with van der Waals surface area (Å²) in [5.41, 5.74) is 1.93. The lowest BCUT2D eigenvalue weighted by atomic mass is 10.2. The molecule has 0 atom stereocenters. The minimum Gasteiger partial charge on any atom is -0.294 e. The molecular formula is C15H12N2OS. The molecule has 0 fully saturated rings. The van der Waals surface area contributed by atoms with Gasteiger partial charge in [0.25, 0.3) is 5.56 Å². The summed E-state index contributed by atoms with van der Waals surface area (Å²) in [5, 5.41) is 1.89. The highest BCUT2D eigenvalue weighted by atomic mass is 32.1. The quantitative estimate of drug-likeness (QED) is 0.731. The van der Waals surface area contributed by atoms with E-state index in [0.29, 0.717) is 6.54 Å². The molecule has 0 radical (unpaired) electrons. The van der Waals surface area contributed by atoms with E-state index in [1.54, 1.807) is 10.9 Å². The first-order chi connectivity index (χ1) is 9.34. The van der Waals surface area contributed by atoms with E-state index in [2.05, 4.69) is 4.98 Å². The first-order valence-electron chi connectivity index (χ1n) is 5.99. The van der Waals surface area contributed by atoms with Crippen LogP contribution >= 0.6 is 11.3 Å².